The number of phosphoric acid groups is 1. The van der Waals surface area contributed by atoms with Gasteiger partial charge in [0.1, 0.15) is 31.0 Å². The normalized spacial score (nSPS) is 29.2. The number of phosphoric ester groups is 1. The fourth-order valence-corrected chi connectivity index (χ4v) is 7.49. The summed E-state index contributed by atoms with van der Waals surface area (Å²) in [4.78, 5) is 33.2. The third-order valence-corrected chi connectivity index (χ3v) is 9.59. The average molecular weight is 604 g/mol. The summed E-state index contributed by atoms with van der Waals surface area (Å²) >= 11 is 0. The van der Waals surface area contributed by atoms with Crippen LogP contribution in [0.4, 0.5) is 0 Å². The first-order chi connectivity index (χ1) is 19.0. The van der Waals surface area contributed by atoms with E-state index in [0.717, 1.165) is 4.57 Å². The van der Waals surface area contributed by atoms with E-state index in [4.69, 9.17) is 45.2 Å². The molecule has 17 heteroatoms. The summed E-state index contributed by atoms with van der Waals surface area (Å²) in [5.41, 5.74) is -2.76. The Labute approximate surface area is 233 Å². The van der Waals surface area contributed by atoms with Crippen molar-refractivity contribution in [3.05, 3.63) is 55.9 Å². The minimum atomic E-state index is -4.00. The van der Waals surface area contributed by atoms with Crippen LogP contribution in [0.1, 0.15) is 33.9 Å². The Hall–Kier alpha value is -2.00. The first-order valence-electron chi connectivity index (χ1n) is 12.6. The lowest BCUT2D eigenvalue weighted by atomic mass is 9.97. The fourth-order valence-electron chi connectivity index (χ4n) is 4.41. The zero-order valence-corrected chi connectivity index (χ0v) is 24.8. The Kier molecular flexibility index (Phi) is 11.6. The second kappa shape index (κ2) is 14.3. The van der Waals surface area contributed by atoms with Crippen molar-refractivity contribution in [1.82, 2.24) is 14.2 Å². The molecule has 3 heterocycles. The van der Waals surface area contributed by atoms with Crippen molar-refractivity contribution in [2.24, 2.45) is 0 Å². The fraction of sp³-hybridized carbons (Fsp3) is 0.739. The topological polar surface area (TPSA) is 148 Å². The molecule has 222 valence electrons. The molecule has 40 heavy (non-hydrogen) atoms. The lowest BCUT2D eigenvalue weighted by Crippen LogP contribution is -2.54. The molecule has 0 aromatic carbocycles. The molecule has 2 aliphatic rings. The molecule has 0 bridgehead atoms. The highest BCUT2D eigenvalue weighted by Crippen LogP contribution is 2.59. The lowest BCUT2D eigenvalue weighted by molar-refractivity contribution is -0.163. The van der Waals surface area contributed by atoms with E-state index in [1.807, 2.05) is 32.4 Å². The molecule has 1 aromatic heterocycles. The van der Waals surface area contributed by atoms with Crippen LogP contribution in [0.25, 0.3) is 9.69 Å². The van der Waals surface area contributed by atoms with E-state index in [0.29, 0.717) is 0 Å². The Morgan fingerprint density at radius 3 is 2.35 bits per heavy atom. The van der Waals surface area contributed by atoms with E-state index >= 15 is 0 Å². The molecule has 1 N–H and O–H groups in total. The molecule has 2 saturated heterocycles. The predicted molar refractivity (Wildman–Crippen MR) is 143 cm³/mol. The van der Waals surface area contributed by atoms with Crippen LogP contribution in [-0.4, -0.2) is 90.7 Å². The van der Waals surface area contributed by atoms with Gasteiger partial charge >= 0.3 is 13.5 Å². The maximum atomic E-state index is 13.0. The SMILES string of the molecule is [C-]#[N+]CCOP(O[C@@H]1C(OC)[C@H](n2ccc(=O)[nH]c2=O)OC12COP(=O)(OCC[N+]#[C-])OC2)N(C(C)C)C(C)C. The van der Waals surface area contributed by atoms with E-state index in [1.54, 1.807) is 0 Å². The first kappa shape index (κ1) is 32.5. The summed E-state index contributed by atoms with van der Waals surface area (Å²) in [6.07, 6.45) is -1.75. The number of hydrogen-bond acceptors (Lipinski definition) is 11. The Morgan fingerprint density at radius 2 is 1.80 bits per heavy atom. The highest BCUT2D eigenvalue weighted by molar-refractivity contribution is 7.48. The highest BCUT2D eigenvalue weighted by Gasteiger charge is 2.62. The van der Waals surface area contributed by atoms with Crippen LogP contribution in [0.15, 0.2) is 21.9 Å². The van der Waals surface area contributed by atoms with Crippen molar-refractivity contribution >= 4 is 16.3 Å². The maximum Gasteiger partial charge on any atom is 0.475 e. The molecule has 0 radical (unpaired) electrons. The largest absolute Gasteiger partial charge is 0.475 e. The third-order valence-electron chi connectivity index (χ3n) is 6.09. The number of nitrogens with zero attached hydrogens (tertiary/aromatic N) is 4. The molecule has 2 unspecified atom stereocenters. The highest BCUT2D eigenvalue weighted by atomic mass is 31.2. The van der Waals surface area contributed by atoms with E-state index in [9.17, 15) is 14.2 Å². The van der Waals surface area contributed by atoms with E-state index in [2.05, 4.69) is 14.7 Å². The zero-order valence-electron chi connectivity index (χ0n) is 23.0. The van der Waals surface area contributed by atoms with Gasteiger partial charge in [-0.3, -0.25) is 27.9 Å². The summed E-state index contributed by atoms with van der Waals surface area (Å²) in [6, 6.07) is 1.15. The molecule has 0 amide bonds. The van der Waals surface area contributed by atoms with Crippen LogP contribution in [0.3, 0.4) is 0 Å². The number of aromatic amines is 1. The molecule has 4 atom stereocenters. The minimum absolute atomic E-state index is 0.00847. The Morgan fingerprint density at radius 1 is 1.18 bits per heavy atom. The van der Waals surface area contributed by atoms with Crippen molar-refractivity contribution in [3.63, 3.8) is 0 Å². The van der Waals surface area contributed by atoms with Gasteiger partial charge in [0.15, 0.2) is 6.23 Å². The van der Waals surface area contributed by atoms with Gasteiger partial charge in [-0.1, -0.05) is 0 Å². The van der Waals surface area contributed by atoms with Crippen molar-refractivity contribution in [1.29, 1.82) is 0 Å². The quantitative estimate of drug-likeness (QED) is 0.202. The molecule has 2 fully saturated rings. The van der Waals surface area contributed by atoms with E-state index in [1.165, 1.54) is 19.4 Å². The van der Waals surface area contributed by atoms with Crippen LogP contribution in [0.5, 0.6) is 0 Å². The molecule has 2 aliphatic heterocycles. The van der Waals surface area contributed by atoms with Gasteiger partial charge in [-0.05, 0) is 27.7 Å². The van der Waals surface area contributed by atoms with Gasteiger partial charge in [0.05, 0.1) is 13.2 Å². The Balaban J connectivity index is 2.02. The Bertz CT molecular complexity index is 1220. The van der Waals surface area contributed by atoms with Gasteiger partial charge in [0, 0.05) is 31.5 Å². The average Bonchev–Trinajstić information content (AvgIpc) is 3.18. The molecular weight excluding hydrogens is 568 g/mol. The van der Waals surface area contributed by atoms with Crippen molar-refractivity contribution in [2.75, 3.05) is 46.6 Å². The third kappa shape index (κ3) is 7.44. The van der Waals surface area contributed by atoms with Crippen molar-refractivity contribution in [3.8, 4) is 0 Å². The molecule has 0 saturated carbocycles. The number of hydrogen-bond donors (Lipinski definition) is 1. The van der Waals surface area contributed by atoms with Crippen LogP contribution in [0, 0.1) is 13.1 Å². The number of ether oxygens (including phenoxy) is 2. The molecule has 0 aliphatic carbocycles. The summed E-state index contributed by atoms with van der Waals surface area (Å²) < 4.78 is 57.4. The molecule has 1 spiro atoms. The second-order valence-electron chi connectivity index (χ2n) is 9.55. The van der Waals surface area contributed by atoms with E-state index < -0.39 is 51.6 Å². The zero-order chi connectivity index (χ0) is 29.5. The molecule has 1 aromatic rings. The van der Waals surface area contributed by atoms with Crippen LogP contribution < -0.4 is 11.2 Å². The van der Waals surface area contributed by atoms with Gasteiger partial charge in [0.2, 0.25) is 13.1 Å². The van der Waals surface area contributed by atoms with Crippen molar-refractivity contribution in [2.45, 2.75) is 63.8 Å². The standard InChI is InChI=1S/C23H35N5O10P2/c1-16(2)28(17(3)4)39(33-12-9-24-5)38-20-19(32-7)21(27-11-8-18(29)26-22(27)30)37-23(20)14-35-40(31,36-15-23)34-13-10-25-6/h8,11,16-17,19-21H,9-10,12-15H2,1-4,7H3,(H,26,29,30)/t19?,20-,21-,23?,39?,40?/m1/s1. The van der Waals surface area contributed by atoms with Gasteiger partial charge in [-0.2, -0.15) is 0 Å². The predicted octanol–water partition coefficient (Wildman–Crippen LogP) is 2.58. The maximum absolute atomic E-state index is 13.0. The molecule has 15 nitrogen and oxygen atoms in total. The summed E-state index contributed by atoms with van der Waals surface area (Å²) in [7, 11) is -4.38. The molecular formula is C23H35N5O10P2. The monoisotopic (exact) mass is 603 g/mol. The number of rotatable bonds is 13. The van der Waals surface area contributed by atoms with E-state index in [-0.39, 0.29) is 51.6 Å². The van der Waals surface area contributed by atoms with Gasteiger partial charge in [-0.25, -0.2) is 27.2 Å². The lowest BCUT2D eigenvalue weighted by Gasteiger charge is -2.42. The minimum Gasteiger partial charge on any atom is -0.374 e. The van der Waals surface area contributed by atoms with Crippen LogP contribution >= 0.6 is 16.3 Å². The van der Waals surface area contributed by atoms with Crippen LogP contribution in [-0.2, 0) is 36.7 Å². The van der Waals surface area contributed by atoms with Gasteiger partial charge in [-0.15, -0.1) is 0 Å². The second-order valence-corrected chi connectivity index (χ2v) is 12.6. The number of methoxy groups -OCH3 is 1. The number of H-pyrrole nitrogens is 1. The summed E-state index contributed by atoms with van der Waals surface area (Å²) in [5, 5.41) is 0. The summed E-state index contributed by atoms with van der Waals surface area (Å²) in [5.74, 6) is 0. The smallest absolute Gasteiger partial charge is 0.374 e. The first-order valence-corrected chi connectivity index (χ1v) is 15.2. The molecule has 3 rings (SSSR count). The van der Waals surface area contributed by atoms with Gasteiger partial charge in [0.25, 0.3) is 14.1 Å². The van der Waals surface area contributed by atoms with Crippen LogP contribution in [0.2, 0.25) is 0 Å². The number of nitrogens with one attached hydrogen (secondary N) is 1. The number of aromatic nitrogens is 2. The summed E-state index contributed by atoms with van der Waals surface area (Å²) in [6.45, 7) is 21.4. The van der Waals surface area contributed by atoms with Gasteiger partial charge < -0.3 is 28.2 Å². The van der Waals surface area contributed by atoms with Crippen molar-refractivity contribution < 1.29 is 36.7 Å².